The van der Waals surface area contributed by atoms with Gasteiger partial charge in [0.05, 0.1) is 10.6 Å². The summed E-state index contributed by atoms with van der Waals surface area (Å²) in [6.07, 6.45) is -0.0861. The highest BCUT2D eigenvalue weighted by Gasteiger charge is 2.32. The first kappa shape index (κ1) is 20.0. The average Bonchev–Trinajstić information content (AvgIpc) is 2.95. The van der Waals surface area contributed by atoms with Crippen molar-refractivity contribution in [2.24, 2.45) is 10.1 Å². The number of amidine groups is 1. The largest absolute Gasteiger partial charge is 0.326 e. The fraction of sp³-hybridized carbons (Fsp3) is 0.118. The maximum atomic E-state index is 12.9. The SMILES string of the molecule is NS(=O)(=O)c1ccc(N=C2NC(=O)C(CC(=O)Nc3ccc(F)cc3)S2)cc1. The Morgan fingerprint density at radius 1 is 1.18 bits per heavy atom. The van der Waals surface area contributed by atoms with Gasteiger partial charge in [-0.05, 0) is 48.5 Å². The minimum atomic E-state index is -3.79. The number of anilines is 1. The molecule has 1 fully saturated rings. The second kappa shape index (κ2) is 8.09. The van der Waals surface area contributed by atoms with E-state index in [2.05, 4.69) is 15.6 Å². The van der Waals surface area contributed by atoms with Crippen molar-refractivity contribution >= 4 is 50.1 Å². The number of nitrogens with two attached hydrogens (primary N) is 1. The number of primary sulfonamides is 1. The molecule has 1 heterocycles. The molecule has 2 aromatic carbocycles. The molecule has 0 aliphatic carbocycles. The van der Waals surface area contributed by atoms with Crippen molar-refractivity contribution in [3.05, 3.63) is 54.3 Å². The number of thioether (sulfide) groups is 1. The van der Waals surface area contributed by atoms with Crippen LogP contribution in [0.1, 0.15) is 6.42 Å². The van der Waals surface area contributed by atoms with Crippen LogP contribution in [0.15, 0.2) is 58.4 Å². The Balaban J connectivity index is 1.62. The van der Waals surface area contributed by atoms with Gasteiger partial charge in [-0.1, -0.05) is 11.8 Å². The van der Waals surface area contributed by atoms with Crippen LogP contribution in [-0.2, 0) is 19.6 Å². The lowest BCUT2D eigenvalue weighted by Crippen LogP contribution is -2.28. The smallest absolute Gasteiger partial charge is 0.240 e. The zero-order valence-electron chi connectivity index (χ0n) is 14.3. The normalized spacial score (nSPS) is 18.1. The first-order valence-corrected chi connectivity index (χ1v) is 10.4. The molecule has 146 valence electrons. The summed E-state index contributed by atoms with van der Waals surface area (Å²) >= 11 is 1.09. The van der Waals surface area contributed by atoms with E-state index in [4.69, 9.17) is 5.14 Å². The van der Waals surface area contributed by atoms with Crippen molar-refractivity contribution in [1.82, 2.24) is 5.32 Å². The number of nitrogens with zero attached hydrogens (tertiary/aromatic N) is 1. The maximum absolute atomic E-state index is 12.9. The van der Waals surface area contributed by atoms with Gasteiger partial charge in [-0.2, -0.15) is 0 Å². The van der Waals surface area contributed by atoms with Crippen LogP contribution < -0.4 is 15.8 Å². The zero-order valence-corrected chi connectivity index (χ0v) is 15.9. The zero-order chi connectivity index (χ0) is 20.3. The van der Waals surface area contributed by atoms with Gasteiger partial charge in [0.25, 0.3) is 0 Å². The molecule has 4 N–H and O–H groups in total. The summed E-state index contributed by atoms with van der Waals surface area (Å²) in [7, 11) is -3.79. The molecular weight excluding hydrogens is 407 g/mol. The second-order valence-corrected chi connectivity index (χ2v) is 8.56. The highest BCUT2D eigenvalue weighted by atomic mass is 32.2. The summed E-state index contributed by atoms with van der Waals surface area (Å²) in [5.41, 5.74) is 0.852. The summed E-state index contributed by atoms with van der Waals surface area (Å²) in [5.74, 6) is -1.17. The van der Waals surface area contributed by atoms with E-state index in [9.17, 15) is 22.4 Å². The van der Waals surface area contributed by atoms with Crippen LogP contribution in [0.4, 0.5) is 15.8 Å². The predicted octanol–water partition coefficient (Wildman–Crippen LogP) is 1.72. The lowest BCUT2D eigenvalue weighted by molar-refractivity contribution is -0.122. The quantitative estimate of drug-likeness (QED) is 0.675. The number of hydrogen-bond acceptors (Lipinski definition) is 6. The van der Waals surface area contributed by atoms with Crippen LogP contribution in [0.25, 0.3) is 0 Å². The number of amides is 2. The Hall–Kier alpha value is -2.76. The minimum Gasteiger partial charge on any atom is -0.326 e. The predicted molar refractivity (Wildman–Crippen MR) is 104 cm³/mol. The molecule has 28 heavy (non-hydrogen) atoms. The second-order valence-electron chi connectivity index (χ2n) is 5.81. The molecule has 1 atom stereocenters. The van der Waals surface area contributed by atoms with Crippen molar-refractivity contribution in [3.63, 3.8) is 0 Å². The van der Waals surface area contributed by atoms with E-state index in [1.807, 2.05) is 0 Å². The summed E-state index contributed by atoms with van der Waals surface area (Å²) < 4.78 is 35.4. The highest BCUT2D eigenvalue weighted by Crippen LogP contribution is 2.26. The number of carbonyl (C=O) groups excluding carboxylic acids is 2. The number of rotatable bonds is 5. The number of carbonyl (C=O) groups is 2. The van der Waals surface area contributed by atoms with E-state index in [1.54, 1.807) is 0 Å². The lowest BCUT2D eigenvalue weighted by Gasteiger charge is -2.07. The number of hydrogen-bond donors (Lipinski definition) is 3. The van der Waals surface area contributed by atoms with Gasteiger partial charge in [0.1, 0.15) is 11.1 Å². The van der Waals surface area contributed by atoms with Gasteiger partial charge >= 0.3 is 0 Å². The number of benzene rings is 2. The van der Waals surface area contributed by atoms with E-state index >= 15 is 0 Å². The third-order valence-corrected chi connectivity index (χ3v) is 5.68. The van der Waals surface area contributed by atoms with Gasteiger partial charge in [-0.25, -0.2) is 22.9 Å². The van der Waals surface area contributed by atoms with Crippen LogP contribution in [0.3, 0.4) is 0 Å². The fourth-order valence-corrected chi connectivity index (χ4v) is 3.84. The molecule has 0 bridgehead atoms. The van der Waals surface area contributed by atoms with Gasteiger partial charge < -0.3 is 10.6 Å². The third-order valence-electron chi connectivity index (χ3n) is 3.67. The molecule has 0 aromatic heterocycles. The Labute approximate surface area is 164 Å². The number of sulfonamides is 1. The molecule has 1 aliphatic heterocycles. The summed E-state index contributed by atoms with van der Waals surface area (Å²) in [6.45, 7) is 0. The van der Waals surface area contributed by atoms with Crippen LogP contribution in [0, 0.1) is 5.82 Å². The molecule has 1 aliphatic rings. The van der Waals surface area contributed by atoms with E-state index in [1.165, 1.54) is 48.5 Å². The first-order chi connectivity index (χ1) is 13.2. The Morgan fingerprint density at radius 2 is 1.82 bits per heavy atom. The van der Waals surface area contributed by atoms with Gasteiger partial charge in [-0.3, -0.25) is 9.59 Å². The molecule has 0 saturated carbocycles. The first-order valence-electron chi connectivity index (χ1n) is 7.95. The van der Waals surface area contributed by atoms with Gasteiger partial charge in [-0.15, -0.1) is 0 Å². The van der Waals surface area contributed by atoms with Gasteiger partial charge in [0.2, 0.25) is 21.8 Å². The van der Waals surface area contributed by atoms with Crippen LogP contribution >= 0.6 is 11.8 Å². The van der Waals surface area contributed by atoms with Crippen molar-refractivity contribution < 1.29 is 22.4 Å². The molecule has 8 nitrogen and oxygen atoms in total. The Morgan fingerprint density at radius 3 is 2.43 bits per heavy atom. The fourth-order valence-electron chi connectivity index (χ4n) is 2.33. The lowest BCUT2D eigenvalue weighted by atomic mass is 10.2. The third kappa shape index (κ3) is 5.15. The number of aliphatic imine (C=N–C) groups is 1. The minimum absolute atomic E-state index is 0.0464. The summed E-state index contributed by atoms with van der Waals surface area (Å²) in [6, 6.07) is 10.8. The van der Waals surface area contributed by atoms with E-state index in [-0.39, 0.29) is 17.2 Å². The van der Waals surface area contributed by atoms with E-state index in [0.717, 1.165) is 11.8 Å². The molecule has 0 radical (unpaired) electrons. The molecular formula is C17H15FN4O4S2. The Bertz CT molecular complexity index is 1040. The molecule has 2 aromatic rings. The molecule has 1 unspecified atom stereocenters. The summed E-state index contributed by atoms with van der Waals surface area (Å²) in [5, 5.41) is 9.84. The van der Waals surface area contributed by atoms with Crippen molar-refractivity contribution in [1.29, 1.82) is 0 Å². The molecule has 11 heteroatoms. The molecule has 1 saturated heterocycles. The molecule has 2 amide bonds. The average molecular weight is 422 g/mol. The van der Waals surface area contributed by atoms with Gasteiger partial charge in [0.15, 0.2) is 5.17 Å². The van der Waals surface area contributed by atoms with Crippen molar-refractivity contribution in [2.75, 3.05) is 5.32 Å². The van der Waals surface area contributed by atoms with Crippen molar-refractivity contribution in [3.8, 4) is 0 Å². The molecule has 3 rings (SSSR count). The summed E-state index contributed by atoms with van der Waals surface area (Å²) in [4.78, 5) is 28.3. The number of nitrogens with one attached hydrogen (secondary N) is 2. The van der Waals surface area contributed by atoms with E-state index in [0.29, 0.717) is 16.5 Å². The van der Waals surface area contributed by atoms with Crippen LogP contribution in [-0.4, -0.2) is 30.6 Å². The monoisotopic (exact) mass is 422 g/mol. The maximum Gasteiger partial charge on any atom is 0.240 e. The molecule has 0 spiro atoms. The van der Waals surface area contributed by atoms with Gasteiger partial charge in [0, 0.05) is 12.1 Å². The topological polar surface area (TPSA) is 131 Å². The standard InChI is InChI=1S/C17H15FN4O4S2/c18-10-1-3-11(4-2-10)20-15(23)9-14-16(24)22-17(27-14)21-12-5-7-13(8-6-12)28(19,25)26/h1-8,14H,9H2,(H,20,23)(H2,19,25,26)(H,21,22,24). The van der Waals surface area contributed by atoms with Crippen LogP contribution in [0.2, 0.25) is 0 Å². The van der Waals surface area contributed by atoms with E-state index < -0.39 is 27.0 Å². The Kier molecular flexibility index (Phi) is 5.77. The van der Waals surface area contributed by atoms with Crippen molar-refractivity contribution in [2.45, 2.75) is 16.6 Å². The highest BCUT2D eigenvalue weighted by molar-refractivity contribution is 8.15. The number of halogens is 1. The van der Waals surface area contributed by atoms with Crippen LogP contribution in [0.5, 0.6) is 0 Å².